The van der Waals surface area contributed by atoms with E-state index in [4.69, 9.17) is 4.74 Å². The summed E-state index contributed by atoms with van der Waals surface area (Å²) in [7, 11) is 0. The molecule has 0 atom stereocenters. The highest BCUT2D eigenvalue weighted by Gasteiger charge is 2.26. The lowest BCUT2D eigenvalue weighted by molar-refractivity contribution is 0.0240. The smallest absolute Gasteiger partial charge is 0.410 e. The molecule has 1 aromatic heterocycles. The number of aromatic nitrogens is 2. The van der Waals surface area contributed by atoms with Crippen LogP contribution < -0.4 is 4.90 Å². The van der Waals surface area contributed by atoms with E-state index in [1.165, 1.54) is 0 Å². The first-order valence-electron chi connectivity index (χ1n) is 6.99. The molecule has 1 amide bonds. The van der Waals surface area contributed by atoms with Crippen LogP contribution in [0.3, 0.4) is 0 Å². The van der Waals surface area contributed by atoms with Gasteiger partial charge in [0.1, 0.15) is 9.30 Å². The fourth-order valence-corrected chi connectivity index (χ4v) is 2.32. The second-order valence-electron chi connectivity index (χ2n) is 6.13. The maximum atomic E-state index is 12.0. The Morgan fingerprint density at radius 2 is 1.86 bits per heavy atom. The normalized spacial score (nSPS) is 16.0. The van der Waals surface area contributed by atoms with Crippen molar-refractivity contribution < 1.29 is 9.53 Å². The molecule has 7 heteroatoms. The Bertz CT molecular complexity index is 522. The molecule has 116 valence electrons. The Balaban J connectivity index is 1.94. The number of carbonyl (C=O) groups excluding carboxylic acids is 1. The largest absolute Gasteiger partial charge is 0.444 e. The van der Waals surface area contributed by atoms with Crippen molar-refractivity contribution >= 4 is 34.5 Å². The van der Waals surface area contributed by atoms with E-state index < -0.39 is 5.60 Å². The van der Waals surface area contributed by atoms with Crippen LogP contribution in [0.4, 0.5) is 10.6 Å². The average molecular weight is 404 g/mol. The van der Waals surface area contributed by atoms with E-state index in [0.29, 0.717) is 13.1 Å². The Morgan fingerprint density at radius 1 is 1.24 bits per heavy atom. The van der Waals surface area contributed by atoms with Crippen LogP contribution in [0.2, 0.25) is 0 Å². The van der Waals surface area contributed by atoms with E-state index in [1.54, 1.807) is 4.90 Å². The van der Waals surface area contributed by atoms with Gasteiger partial charge in [-0.15, -0.1) is 10.2 Å². The van der Waals surface area contributed by atoms with Gasteiger partial charge in [-0.2, -0.15) is 0 Å². The zero-order valence-corrected chi connectivity index (χ0v) is 15.0. The van der Waals surface area contributed by atoms with Gasteiger partial charge in [-0.05, 0) is 61.9 Å². The van der Waals surface area contributed by atoms with Crippen molar-refractivity contribution in [1.82, 2.24) is 15.1 Å². The van der Waals surface area contributed by atoms with Crippen LogP contribution in [0.15, 0.2) is 6.07 Å². The van der Waals surface area contributed by atoms with E-state index in [2.05, 4.69) is 37.7 Å². The molecule has 1 saturated heterocycles. The molecule has 1 aromatic rings. The first kappa shape index (κ1) is 16.3. The SMILES string of the molecule is Cc1cc(N2CCN(C(=O)OC(C)(C)C)CC2)nnc1I. The number of carbonyl (C=O) groups is 1. The van der Waals surface area contributed by atoms with Gasteiger partial charge in [0, 0.05) is 26.2 Å². The minimum Gasteiger partial charge on any atom is -0.444 e. The standard InChI is InChI=1S/C14H21IN4O2/c1-10-9-11(16-17-12(10)15)18-5-7-19(8-6-18)13(20)21-14(2,3)4/h9H,5-8H2,1-4H3. The zero-order valence-electron chi connectivity index (χ0n) is 12.9. The van der Waals surface area contributed by atoms with Crippen LogP contribution in [-0.2, 0) is 4.74 Å². The Hall–Kier alpha value is -1.12. The van der Waals surface area contributed by atoms with Gasteiger partial charge in [0.15, 0.2) is 5.82 Å². The van der Waals surface area contributed by atoms with Crippen LogP contribution in [0.5, 0.6) is 0 Å². The summed E-state index contributed by atoms with van der Waals surface area (Å²) in [6.45, 7) is 10.4. The molecule has 0 spiro atoms. The van der Waals surface area contributed by atoms with Crippen molar-refractivity contribution in [3.63, 3.8) is 0 Å². The van der Waals surface area contributed by atoms with E-state index in [9.17, 15) is 4.79 Å². The monoisotopic (exact) mass is 404 g/mol. The van der Waals surface area contributed by atoms with Crippen molar-refractivity contribution in [1.29, 1.82) is 0 Å². The molecule has 1 aliphatic heterocycles. The maximum absolute atomic E-state index is 12.0. The number of amides is 1. The van der Waals surface area contributed by atoms with Gasteiger partial charge < -0.3 is 14.5 Å². The number of hydrogen-bond donors (Lipinski definition) is 0. The van der Waals surface area contributed by atoms with Gasteiger partial charge in [-0.1, -0.05) is 0 Å². The third-order valence-electron chi connectivity index (χ3n) is 3.17. The maximum Gasteiger partial charge on any atom is 0.410 e. The topological polar surface area (TPSA) is 58.6 Å². The van der Waals surface area contributed by atoms with Crippen molar-refractivity contribution in [2.24, 2.45) is 0 Å². The summed E-state index contributed by atoms with van der Waals surface area (Å²) < 4.78 is 6.31. The Kier molecular flexibility index (Phi) is 4.90. The Morgan fingerprint density at radius 3 is 2.38 bits per heavy atom. The second kappa shape index (κ2) is 6.33. The highest BCUT2D eigenvalue weighted by atomic mass is 127. The van der Waals surface area contributed by atoms with Crippen molar-refractivity contribution in [3.05, 3.63) is 15.3 Å². The highest BCUT2D eigenvalue weighted by molar-refractivity contribution is 14.1. The third kappa shape index (κ3) is 4.42. The van der Waals surface area contributed by atoms with Crippen LogP contribution >= 0.6 is 22.6 Å². The molecular formula is C14H21IN4O2. The first-order valence-corrected chi connectivity index (χ1v) is 8.07. The molecule has 2 heterocycles. The van der Waals surface area contributed by atoms with Crippen LogP contribution in [0.25, 0.3) is 0 Å². The van der Waals surface area contributed by atoms with E-state index in [0.717, 1.165) is 28.2 Å². The van der Waals surface area contributed by atoms with Crippen molar-refractivity contribution in [3.8, 4) is 0 Å². The molecule has 1 aliphatic rings. The quantitative estimate of drug-likeness (QED) is 0.674. The zero-order chi connectivity index (χ0) is 15.6. The first-order chi connectivity index (χ1) is 9.76. The summed E-state index contributed by atoms with van der Waals surface area (Å²) >= 11 is 2.17. The van der Waals surface area contributed by atoms with Crippen molar-refractivity contribution in [2.45, 2.75) is 33.3 Å². The molecule has 0 radical (unpaired) electrons. The number of ether oxygens (including phenoxy) is 1. The second-order valence-corrected chi connectivity index (χ2v) is 7.15. The molecule has 0 saturated carbocycles. The number of anilines is 1. The fourth-order valence-electron chi connectivity index (χ4n) is 2.06. The van der Waals surface area contributed by atoms with Crippen LogP contribution in [0.1, 0.15) is 26.3 Å². The summed E-state index contributed by atoms with van der Waals surface area (Å²) in [6, 6.07) is 2.04. The number of hydrogen-bond acceptors (Lipinski definition) is 5. The molecule has 0 aliphatic carbocycles. The number of nitrogens with zero attached hydrogens (tertiary/aromatic N) is 4. The minimum atomic E-state index is -0.451. The molecule has 0 N–H and O–H groups in total. The molecule has 0 bridgehead atoms. The summed E-state index contributed by atoms with van der Waals surface area (Å²) in [6.07, 6.45) is -0.243. The number of halogens is 1. The average Bonchev–Trinajstić information content (AvgIpc) is 2.40. The summed E-state index contributed by atoms with van der Waals surface area (Å²) in [5, 5.41) is 8.37. The fraction of sp³-hybridized carbons (Fsp3) is 0.643. The summed E-state index contributed by atoms with van der Waals surface area (Å²) in [5.74, 6) is 0.872. The molecule has 2 rings (SSSR count). The molecule has 0 aromatic carbocycles. The van der Waals surface area contributed by atoms with Gasteiger partial charge in [0.25, 0.3) is 0 Å². The molecule has 6 nitrogen and oxygen atoms in total. The third-order valence-corrected chi connectivity index (χ3v) is 4.23. The molecule has 1 fully saturated rings. The van der Waals surface area contributed by atoms with E-state index >= 15 is 0 Å². The van der Waals surface area contributed by atoms with Crippen molar-refractivity contribution in [2.75, 3.05) is 31.1 Å². The lowest BCUT2D eigenvalue weighted by Gasteiger charge is -2.36. The molecular weight excluding hydrogens is 383 g/mol. The molecule has 0 unspecified atom stereocenters. The van der Waals surface area contributed by atoms with Gasteiger partial charge in [0.05, 0.1) is 0 Å². The predicted molar refractivity (Wildman–Crippen MR) is 89.5 cm³/mol. The number of rotatable bonds is 1. The summed E-state index contributed by atoms with van der Waals surface area (Å²) in [4.78, 5) is 15.9. The van der Waals surface area contributed by atoms with Gasteiger partial charge >= 0.3 is 6.09 Å². The lowest BCUT2D eigenvalue weighted by atomic mass is 10.2. The van der Waals surface area contributed by atoms with E-state index in [1.807, 2.05) is 33.8 Å². The molecule has 21 heavy (non-hydrogen) atoms. The van der Waals surface area contributed by atoms with Crippen LogP contribution in [0, 0.1) is 10.6 Å². The minimum absolute atomic E-state index is 0.243. The number of piperazine rings is 1. The predicted octanol–water partition coefficient (Wildman–Crippen LogP) is 2.45. The van der Waals surface area contributed by atoms with Gasteiger partial charge in [-0.3, -0.25) is 0 Å². The lowest BCUT2D eigenvalue weighted by Crippen LogP contribution is -2.50. The van der Waals surface area contributed by atoms with Crippen LogP contribution in [-0.4, -0.2) is 53.0 Å². The number of aryl methyl sites for hydroxylation is 1. The highest BCUT2D eigenvalue weighted by Crippen LogP contribution is 2.18. The van der Waals surface area contributed by atoms with Gasteiger partial charge in [-0.25, -0.2) is 4.79 Å². The summed E-state index contributed by atoms with van der Waals surface area (Å²) in [5.41, 5.74) is 0.669. The Labute approximate surface area is 139 Å². The van der Waals surface area contributed by atoms with E-state index in [-0.39, 0.29) is 6.09 Å². The van der Waals surface area contributed by atoms with Gasteiger partial charge in [0.2, 0.25) is 0 Å².